The Hall–Kier alpha value is -2.23. The van der Waals surface area contributed by atoms with Crippen LogP contribution in [0, 0.1) is 6.92 Å². The van der Waals surface area contributed by atoms with Crippen LogP contribution in [0.3, 0.4) is 0 Å². The van der Waals surface area contributed by atoms with E-state index in [0.717, 1.165) is 11.5 Å². The third-order valence-electron chi connectivity index (χ3n) is 2.42. The molecule has 1 aromatic heterocycles. The minimum atomic E-state index is -0.197. The third kappa shape index (κ3) is 2.66. The predicted octanol–water partition coefficient (Wildman–Crippen LogP) is 2.10. The van der Waals surface area contributed by atoms with E-state index in [0.29, 0.717) is 17.8 Å². The Kier molecular flexibility index (Phi) is 3.14. The van der Waals surface area contributed by atoms with Crippen LogP contribution in [0.4, 0.5) is 5.69 Å². The first-order valence-electron chi connectivity index (χ1n) is 5.35. The molecule has 0 spiro atoms. The van der Waals surface area contributed by atoms with Crippen molar-refractivity contribution >= 4 is 11.6 Å². The van der Waals surface area contributed by atoms with Crippen molar-refractivity contribution in [1.82, 2.24) is 5.32 Å². The van der Waals surface area contributed by atoms with Crippen LogP contribution in [0.1, 0.15) is 21.9 Å². The van der Waals surface area contributed by atoms with Gasteiger partial charge in [-0.2, -0.15) is 0 Å². The molecular formula is C13H14N2O2. The van der Waals surface area contributed by atoms with Crippen LogP contribution >= 0.6 is 0 Å². The van der Waals surface area contributed by atoms with Crippen molar-refractivity contribution in [2.45, 2.75) is 13.5 Å². The Morgan fingerprint density at radius 2 is 2.06 bits per heavy atom. The number of hydrogen-bond donors (Lipinski definition) is 2. The normalized spacial score (nSPS) is 10.2. The topological polar surface area (TPSA) is 68.3 Å². The molecule has 17 heavy (non-hydrogen) atoms. The molecule has 0 saturated carbocycles. The summed E-state index contributed by atoms with van der Waals surface area (Å²) in [4.78, 5) is 11.8. The maximum Gasteiger partial charge on any atom is 0.253 e. The second kappa shape index (κ2) is 4.74. The number of carbonyl (C=O) groups is 1. The first kappa shape index (κ1) is 11.3. The zero-order chi connectivity index (χ0) is 12.3. The molecule has 2 aromatic rings. The van der Waals surface area contributed by atoms with E-state index in [1.807, 2.05) is 19.1 Å². The standard InChI is InChI=1S/C13H14N2O2/c1-9-6-7-10(17-9)8-15-13(16)11-4-2-3-5-12(11)14/h2-7H,8,14H2,1H3,(H,15,16). The number of rotatable bonds is 3. The highest BCUT2D eigenvalue weighted by Crippen LogP contribution is 2.11. The van der Waals surface area contributed by atoms with Gasteiger partial charge in [-0.05, 0) is 31.2 Å². The van der Waals surface area contributed by atoms with Crippen LogP contribution in [0.2, 0.25) is 0 Å². The summed E-state index contributed by atoms with van der Waals surface area (Å²) in [6, 6.07) is 10.7. The van der Waals surface area contributed by atoms with Gasteiger partial charge in [0.2, 0.25) is 0 Å². The number of nitrogens with two attached hydrogens (primary N) is 1. The minimum absolute atomic E-state index is 0.197. The van der Waals surface area contributed by atoms with Crippen LogP contribution in [-0.4, -0.2) is 5.91 Å². The predicted molar refractivity (Wildman–Crippen MR) is 65.5 cm³/mol. The Morgan fingerprint density at radius 3 is 2.71 bits per heavy atom. The highest BCUT2D eigenvalue weighted by molar-refractivity contribution is 5.98. The number of amides is 1. The van der Waals surface area contributed by atoms with E-state index in [9.17, 15) is 4.79 Å². The van der Waals surface area contributed by atoms with E-state index in [1.54, 1.807) is 24.3 Å². The second-order valence-corrected chi connectivity index (χ2v) is 3.78. The van der Waals surface area contributed by atoms with Gasteiger partial charge in [-0.3, -0.25) is 4.79 Å². The van der Waals surface area contributed by atoms with E-state index in [1.165, 1.54) is 0 Å². The van der Waals surface area contributed by atoms with Gasteiger partial charge in [0.25, 0.3) is 5.91 Å². The van der Waals surface area contributed by atoms with Gasteiger partial charge in [-0.15, -0.1) is 0 Å². The number of para-hydroxylation sites is 1. The smallest absolute Gasteiger partial charge is 0.253 e. The molecule has 0 radical (unpaired) electrons. The summed E-state index contributed by atoms with van der Waals surface area (Å²) in [6.45, 7) is 2.22. The van der Waals surface area contributed by atoms with Crippen LogP contribution in [0.5, 0.6) is 0 Å². The fourth-order valence-corrected chi connectivity index (χ4v) is 1.55. The van der Waals surface area contributed by atoms with E-state index in [4.69, 9.17) is 10.2 Å². The average Bonchev–Trinajstić information content (AvgIpc) is 2.73. The SMILES string of the molecule is Cc1ccc(CNC(=O)c2ccccc2N)o1. The van der Waals surface area contributed by atoms with E-state index in [-0.39, 0.29) is 5.91 Å². The number of anilines is 1. The first-order valence-corrected chi connectivity index (χ1v) is 5.35. The van der Waals surface area contributed by atoms with Crippen LogP contribution in [-0.2, 0) is 6.54 Å². The van der Waals surface area contributed by atoms with Crippen LogP contribution in [0.15, 0.2) is 40.8 Å². The van der Waals surface area contributed by atoms with Crippen molar-refractivity contribution < 1.29 is 9.21 Å². The largest absolute Gasteiger partial charge is 0.465 e. The van der Waals surface area contributed by atoms with Crippen molar-refractivity contribution in [3.05, 3.63) is 53.5 Å². The molecule has 0 unspecified atom stereocenters. The van der Waals surface area contributed by atoms with Gasteiger partial charge in [-0.1, -0.05) is 12.1 Å². The lowest BCUT2D eigenvalue weighted by Crippen LogP contribution is -2.23. The number of carbonyl (C=O) groups excluding carboxylic acids is 1. The van der Waals surface area contributed by atoms with Gasteiger partial charge >= 0.3 is 0 Å². The van der Waals surface area contributed by atoms with E-state index >= 15 is 0 Å². The van der Waals surface area contributed by atoms with Crippen LogP contribution in [0.25, 0.3) is 0 Å². The van der Waals surface area contributed by atoms with Crippen molar-refractivity contribution in [3.8, 4) is 0 Å². The molecule has 0 aliphatic carbocycles. The molecule has 1 amide bonds. The third-order valence-corrected chi connectivity index (χ3v) is 2.42. The lowest BCUT2D eigenvalue weighted by atomic mass is 10.1. The number of furan rings is 1. The molecule has 4 heteroatoms. The molecule has 88 valence electrons. The molecule has 1 aromatic carbocycles. The van der Waals surface area contributed by atoms with Crippen molar-refractivity contribution in [3.63, 3.8) is 0 Å². The summed E-state index contributed by atoms with van der Waals surface area (Å²) in [5.74, 6) is 1.36. The maximum atomic E-state index is 11.8. The molecule has 3 N–H and O–H groups in total. The molecular weight excluding hydrogens is 216 g/mol. The maximum absolute atomic E-state index is 11.8. The zero-order valence-electron chi connectivity index (χ0n) is 9.57. The molecule has 0 aliphatic rings. The van der Waals surface area contributed by atoms with Crippen LogP contribution < -0.4 is 11.1 Å². The second-order valence-electron chi connectivity index (χ2n) is 3.78. The fraction of sp³-hybridized carbons (Fsp3) is 0.154. The zero-order valence-corrected chi connectivity index (χ0v) is 9.57. The molecule has 0 fully saturated rings. The lowest BCUT2D eigenvalue weighted by molar-refractivity contribution is 0.0949. The van der Waals surface area contributed by atoms with Crippen molar-refractivity contribution in [1.29, 1.82) is 0 Å². The Bertz CT molecular complexity index is 532. The Labute approximate surface area is 99.4 Å². The van der Waals surface area contributed by atoms with Gasteiger partial charge < -0.3 is 15.5 Å². The summed E-state index contributed by atoms with van der Waals surface area (Å²) in [5.41, 5.74) is 6.67. The summed E-state index contributed by atoms with van der Waals surface area (Å²) >= 11 is 0. The number of nitrogens with one attached hydrogen (secondary N) is 1. The molecule has 2 rings (SSSR count). The van der Waals surface area contributed by atoms with E-state index < -0.39 is 0 Å². The summed E-state index contributed by atoms with van der Waals surface area (Å²) in [6.07, 6.45) is 0. The molecule has 1 heterocycles. The summed E-state index contributed by atoms with van der Waals surface area (Å²) in [5, 5.41) is 2.76. The lowest BCUT2D eigenvalue weighted by Gasteiger charge is -2.05. The van der Waals surface area contributed by atoms with Gasteiger partial charge in [0, 0.05) is 5.69 Å². The number of hydrogen-bond acceptors (Lipinski definition) is 3. The summed E-state index contributed by atoms with van der Waals surface area (Å²) in [7, 11) is 0. The molecule has 4 nitrogen and oxygen atoms in total. The van der Waals surface area contributed by atoms with Gasteiger partial charge in [0.05, 0.1) is 12.1 Å². The molecule has 0 saturated heterocycles. The van der Waals surface area contributed by atoms with E-state index in [2.05, 4.69) is 5.32 Å². The number of benzene rings is 1. The van der Waals surface area contributed by atoms with Crippen molar-refractivity contribution in [2.75, 3.05) is 5.73 Å². The van der Waals surface area contributed by atoms with Gasteiger partial charge in [-0.25, -0.2) is 0 Å². The first-order chi connectivity index (χ1) is 8.16. The van der Waals surface area contributed by atoms with Gasteiger partial charge in [0.15, 0.2) is 0 Å². The Balaban J connectivity index is 2.01. The van der Waals surface area contributed by atoms with Gasteiger partial charge in [0.1, 0.15) is 11.5 Å². The number of nitrogen functional groups attached to an aromatic ring is 1. The molecule has 0 atom stereocenters. The molecule has 0 aliphatic heterocycles. The number of aryl methyl sites for hydroxylation is 1. The average molecular weight is 230 g/mol. The monoisotopic (exact) mass is 230 g/mol. The van der Waals surface area contributed by atoms with Crippen molar-refractivity contribution in [2.24, 2.45) is 0 Å². The minimum Gasteiger partial charge on any atom is -0.465 e. The fourth-order valence-electron chi connectivity index (χ4n) is 1.55. The summed E-state index contributed by atoms with van der Waals surface area (Å²) < 4.78 is 5.35. The quantitative estimate of drug-likeness (QED) is 0.793. The Morgan fingerprint density at radius 1 is 1.29 bits per heavy atom. The molecule has 0 bridgehead atoms. The highest BCUT2D eigenvalue weighted by Gasteiger charge is 2.08. The highest BCUT2D eigenvalue weighted by atomic mass is 16.3.